The minimum atomic E-state index is 0.345. The van der Waals surface area contributed by atoms with Crippen LogP contribution < -0.4 is 9.47 Å². The largest absolute Gasteiger partial charge is 0.507 e. The molecule has 26 heavy (non-hydrogen) atoms. The van der Waals surface area contributed by atoms with Gasteiger partial charge in [-0.3, -0.25) is 0 Å². The summed E-state index contributed by atoms with van der Waals surface area (Å²) in [5.74, 6) is 2.36. The predicted molar refractivity (Wildman–Crippen MR) is 105 cm³/mol. The van der Waals surface area contributed by atoms with E-state index in [1.807, 2.05) is 53.7 Å². The summed E-state index contributed by atoms with van der Waals surface area (Å²) in [4.78, 5) is 0. The van der Waals surface area contributed by atoms with E-state index in [1.54, 1.807) is 0 Å². The summed E-state index contributed by atoms with van der Waals surface area (Å²) in [7, 11) is 0. The average molecular weight is 358 g/mol. The third-order valence-electron chi connectivity index (χ3n) is 5.07. The number of ether oxygens (including phenoxy) is 2. The highest BCUT2D eigenvalue weighted by Gasteiger charge is 2.11. The van der Waals surface area contributed by atoms with Crippen LogP contribution in [0.15, 0.2) is 12.1 Å². The first-order valence-electron chi connectivity index (χ1n) is 9.09. The lowest BCUT2D eigenvalue weighted by Gasteiger charge is -2.15. The van der Waals surface area contributed by atoms with Crippen LogP contribution in [0.1, 0.15) is 46.2 Å². The number of benzene rings is 2. The molecule has 0 bridgehead atoms. The smallest absolute Gasteiger partial charge is 0.122 e. The van der Waals surface area contributed by atoms with Gasteiger partial charge in [0.1, 0.15) is 23.0 Å². The summed E-state index contributed by atoms with van der Waals surface area (Å²) in [5, 5.41) is 19.9. The standard InChI is InChI=1S/C22H30O4/c1-13-11-19(15(3)17(5)21(13)23)25-9-7-8-10-26-20-12-14(2)22(24)18(6)16(20)4/h11-12,23-24H,7-10H2,1-6H3. The van der Waals surface area contributed by atoms with Crippen molar-refractivity contribution in [1.29, 1.82) is 0 Å². The van der Waals surface area contributed by atoms with Crippen LogP contribution in [0.25, 0.3) is 0 Å². The van der Waals surface area contributed by atoms with Crippen LogP contribution in [0, 0.1) is 41.5 Å². The second-order valence-corrected chi connectivity index (χ2v) is 6.98. The number of hydrogen-bond acceptors (Lipinski definition) is 4. The predicted octanol–water partition coefficient (Wildman–Crippen LogP) is 5.19. The second kappa shape index (κ2) is 8.35. The fourth-order valence-corrected chi connectivity index (χ4v) is 2.93. The summed E-state index contributed by atoms with van der Waals surface area (Å²) < 4.78 is 11.8. The molecule has 0 aliphatic rings. The maximum Gasteiger partial charge on any atom is 0.122 e. The van der Waals surface area contributed by atoms with Crippen LogP contribution >= 0.6 is 0 Å². The van der Waals surface area contributed by atoms with Gasteiger partial charge in [0.25, 0.3) is 0 Å². The highest BCUT2D eigenvalue weighted by atomic mass is 16.5. The van der Waals surface area contributed by atoms with Gasteiger partial charge in [0.05, 0.1) is 13.2 Å². The first-order valence-corrected chi connectivity index (χ1v) is 9.09. The average Bonchev–Trinajstić information content (AvgIpc) is 2.62. The summed E-state index contributed by atoms with van der Waals surface area (Å²) >= 11 is 0. The van der Waals surface area contributed by atoms with Crippen LogP contribution in [-0.4, -0.2) is 23.4 Å². The lowest BCUT2D eigenvalue weighted by atomic mass is 10.0. The molecule has 0 amide bonds. The number of aryl methyl sites for hydroxylation is 2. The summed E-state index contributed by atoms with van der Waals surface area (Å²) in [6.07, 6.45) is 1.76. The third-order valence-corrected chi connectivity index (χ3v) is 5.07. The van der Waals surface area contributed by atoms with E-state index in [-0.39, 0.29) is 0 Å². The molecule has 0 aliphatic heterocycles. The molecule has 2 rings (SSSR count). The zero-order chi connectivity index (χ0) is 19.4. The second-order valence-electron chi connectivity index (χ2n) is 6.98. The van der Waals surface area contributed by atoms with E-state index in [1.165, 1.54) is 0 Å². The molecule has 0 saturated heterocycles. The van der Waals surface area contributed by atoms with Gasteiger partial charge in [-0.1, -0.05) is 0 Å². The molecule has 4 heteroatoms. The Morgan fingerprint density at radius 1 is 0.615 bits per heavy atom. The Balaban J connectivity index is 1.82. The van der Waals surface area contributed by atoms with Crippen molar-refractivity contribution in [2.24, 2.45) is 0 Å². The van der Waals surface area contributed by atoms with Crippen LogP contribution in [0.2, 0.25) is 0 Å². The molecule has 0 unspecified atom stereocenters. The molecular formula is C22H30O4. The van der Waals surface area contributed by atoms with Crippen LogP contribution in [0.5, 0.6) is 23.0 Å². The fraction of sp³-hybridized carbons (Fsp3) is 0.455. The van der Waals surface area contributed by atoms with E-state index in [4.69, 9.17) is 9.47 Å². The lowest BCUT2D eigenvalue weighted by molar-refractivity contribution is 0.264. The molecule has 0 heterocycles. The molecule has 0 aliphatic carbocycles. The van der Waals surface area contributed by atoms with Crippen molar-refractivity contribution < 1.29 is 19.7 Å². The molecule has 0 atom stereocenters. The van der Waals surface area contributed by atoms with Gasteiger partial charge in [0.15, 0.2) is 0 Å². The lowest BCUT2D eigenvalue weighted by Crippen LogP contribution is -2.05. The van der Waals surface area contributed by atoms with Crippen LogP contribution in [0.3, 0.4) is 0 Å². The number of phenolic OH excluding ortho intramolecular Hbond substituents is 2. The Labute approximate surface area is 156 Å². The molecule has 0 saturated carbocycles. The van der Waals surface area contributed by atoms with E-state index >= 15 is 0 Å². The summed E-state index contributed by atoms with van der Waals surface area (Å²) in [6.45, 7) is 12.7. The van der Waals surface area contributed by atoms with Crippen molar-refractivity contribution in [3.8, 4) is 23.0 Å². The molecule has 0 radical (unpaired) electrons. The minimum Gasteiger partial charge on any atom is -0.507 e. The monoisotopic (exact) mass is 358 g/mol. The molecule has 142 valence electrons. The Kier molecular flexibility index (Phi) is 6.41. The summed E-state index contributed by atoms with van der Waals surface area (Å²) in [6, 6.07) is 3.78. The van der Waals surface area contributed by atoms with Crippen molar-refractivity contribution in [2.75, 3.05) is 13.2 Å². The quantitative estimate of drug-likeness (QED) is 0.669. The molecule has 0 fully saturated rings. The molecule has 0 spiro atoms. The SMILES string of the molecule is Cc1cc(OCCCCOc2cc(C)c(O)c(C)c2C)c(C)c(C)c1O. The molecule has 2 aromatic carbocycles. The molecule has 0 aromatic heterocycles. The Morgan fingerprint density at radius 3 is 1.31 bits per heavy atom. The van der Waals surface area contributed by atoms with Gasteiger partial charge in [-0.05, 0) is 99.9 Å². The maximum atomic E-state index is 9.95. The number of rotatable bonds is 7. The summed E-state index contributed by atoms with van der Waals surface area (Å²) in [5.41, 5.74) is 5.37. The maximum absolute atomic E-state index is 9.95. The highest BCUT2D eigenvalue weighted by Crippen LogP contribution is 2.33. The molecule has 2 N–H and O–H groups in total. The third kappa shape index (κ3) is 4.24. The minimum absolute atomic E-state index is 0.345. The van der Waals surface area contributed by atoms with Crippen molar-refractivity contribution in [3.05, 3.63) is 45.5 Å². The molecular weight excluding hydrogens is 328 g/mol. The Morgan fingerprint density at radius 2 is 0.962 bits per heavy atom. The van der Waals surface area contributed by atoms with Gasteiger partial charge in [-0.25, -0.2) is 0 Å². The van der Waals surface area contributed by atoms with Crippen LogP contribution in [0.4, 0.5) is 0 Å². The van der Waals surface area contributed by atoms with Gasteiger partial charge >= 0.3 is 0 Å². The van der Waals surface area contributed by atoms with Gasteiger partial charge in [-0.2, -0.15) is 0 Å². The van der Waals surface area contributed by atoms with Crippen LogP contribution in [-0.2, 0) is 0 Å². The normalized spacial score (nSPS) is 10.8. The first kappa shape index (κ1) is 20.0. The fourth-order valence-electron chi connectivity index (χ4n) is 2.93. The molecule has 2 aromatic rings. The van der Waals surface area contributed by atoms with E-state index in [9.17, 15) is 10.2 Å². The zero-order valence-electron chi connectivity index (χ0n) is 16.7. The number of unbranched alkanes of at least 4 members (excludes halogenated alkanes) is 1. The zero-order valence-corrected chi connectivity index (χ0v) is 16.7. The van der Waals surface area contributed by atoms with E-state index in [0.717, 1.165) is 57.7 Å². The number of phenols is 2. The Hall–Kier alpha value is -2.36. The van der Waals surface area contributed by atoms with Gasteiger partial charge < -0.3 is 19.7 Å². The van der Waals surface area contributed by atoms with Crippen molar-refractivity contribution >= 4 is 0 Å². The van der Waals surface area contributed by atoms with Gasteiger partial charge in [0.2, 0.25) is 0 Å². The van der Waals surface area contributed by atoms with Crippen molar-refractivity contribution in [1.82, 2.24) is 0 Å². The Bertz CT molecular complexity index is 726. The first-order chi connectivity index (χ1) is 12.2. The number of hydrogen-bond donors (Lipinski definition) is 2. The van der Waals surface area contributed by atoms with E-state index < -0.39 is 0 Å². The van der Waals surface area contributed by atoms with Gasteiger partial charge in [0, 0.05) is 0 Å². The topological polar surface area (TPSA) is 58.9 Å². The van der Waals surface area contributed by atoms with Gasteiger partial charge in [-0.15, -0.1) is 0 Å². The van der Waals surface area contributed by atoms with Crippen molar-refractivity contribution in [3.63, 3.8) is 0 Å². The highest BCUT2D eigenvalue weighted by molar-refractivity contribution is 5.52. The van der Waals surface area contributed by atoms with E-state index in [2.05, 4.69) is 0 Å². The van der Waals surface area contributed by atoms with Crippen molar-refractivity contribution in [2.45, 2.75) is 54.4 Å². The van der Waals surface area contributed by atoms with E-state index in [0.29, 0.717) is 24.7 Å². The number of aromatic hydroxyl groups is 2. The molecule has 4 nitrogen and oxygen atoms in total.